The summed E-state index contributed by atoms with van der Waals surface area (Å²) in [5.74, 6) is 0. The first-order valence-electron chi connectivity index (χ1n) is 14.3. The van der Waals surface area contributed by atoms with Crippen LogP contribution in [0.3, 0.4) is 0 Å². The van der Waals surface area contributed by atoms with E-state index in [9.17, 15) is 0 Å². The molecule has 196 valence electrons. The highest BCUT2D eigenvalue weighted by Crippen LogP contribution is 2.43. The number of nitrogens with zero attached hydrogens (tertiary/aromatic N) is 3. The van der Waals surface area contributed by atoms with Gasteiger partial charge in [-0.25, -0.2) is 0 Å². The number of anilines is 3. The predicted octanol–water partition coefficient (Wildman–Crippen LogP) is 10.5. The number of benzene rings is 7. The molecule has 3 nitrogen and oxygen atoms in total. The Kier molecular flexibility index (Phi) is 4.90. The molecule has 9 rings (SSSR count). The Morgan fingerprint density at radius 1 is 0.452 bits per heavy atom. The monoisotopic (exact) mass is 535 g/mol. The average Bonchev–Trinajstić information content (AvgIpc) is 3.39. The normalized spacial score (nSPS) is 11.8. The Balaban J connectivity index is 1.29. The molecule has 7 aromatic carbocycles. The number of hydrogen-bond acceptors (Lipinski definition) is 2. The second-order valence-electron chi connectivity index (χ2n) is 10.9. The highest BCUT2D eigenvalue weighted by atomic mass is 15.1. The van der Waals surface area contributed by atoms with Crippen LogP contribution in [-0.2, 0) is 0 Å². The average molecular weight is 536 g/mol. The highest BCUT2D eigenvalue weighted by Gasteiger charge is 2.19. The minimum Gasteiger partial charge on any atom is -0.311 e. The lowest BCUT2D eigenvalue weighted by molar-refractivity contribution is 1.17. The van der Waals surface area contributed by atoms with Crippen molar-refractivity contribution in [3.8, 4) is 5.69 Å². The molecule has 0 aliphatic rings. The van der Waals surface area contributed by atoms with Crippen molar-refractivity contribution in [2.75, 3.05) is 4.90 Å². The van der Waals surface area contributed by atoms with E-state index >= 15 is 0 Å². The highest BCUT2D eigenvalue weighted by molar-refractivity contribution is 6.32. The van der Waals surface area contributed by atoms with Gasteiger partial charge >= 0.3 is 0 Å². The number of pyridine rings is 1. The number of para-hydroxylation sites is 2. The van der Waals surface area contributed by atoms with Crippen LogP contribution in [0.15, 0.2) is 152 Å². The standard InChI is InChI=1S/C39H25N3/c1-3-10-29(11-4-1)41(30-12-5-2-6-13-30)31-17-19-32(20-18-31)42-35-22-23-40-25-34(35)39-33-21-16-27-9-7-8-26-14-15-28(24-36(39)42)38(33)37(26)27/h1-25H. The molecule has 0 amide bonds. The van der Waals surface area contributed by atoms with Gasteiger partial charge in [0.25, 0.3) is 0 Å². The zero-order valence-electron chi connectivity index (χ0n) is 22.8. The van der Waals surface area contributed by atoms with Crippen molar-refractivity contribution in [1.82, 2.24) is 9.55 Å². The van der Waals surface area contributed by atoms with Crippen molar-refractivity contribution >= 4 is 71.2 Å². The molecular weight excluding hydrogens is 510 g/mol. The molecule has 0 saturated carbocycles. The topological polar surface area (TPSA) is 21.1 Å². The molecule has 0 bridgehead atoms. The van der Waals surface area contributed by atoms with Gasteiger partial charge in [-0.1, -0.05) is 78.9 Å². The van der Waals surface area contributed by atoms with Gasteiger partial charge in [-0.05, 0) is 93.0 Å². The summed E-state index contributed by atoms with van der Waals surface area (Å²) in [6.07, 6.45) is 3.92. The molecule has 9 aromatic rings. The number of hydrogen-bond donors (Lipinski definition) is 0. The largest absolute Gasteiger partial charge is 0.311 e. The second-order valence-corrected chi connectivity index (χ2v) is 10.9. The smallest absolute Gasteiger partial charge is 0.0572 e. The van der Waals surface area contributed by atoms with E-state index in [4.69, 9.17) is 0 Å². The van der Waals surface area contributed by atoms with Crippen LogP contribution in [0, 0.1) is 0 Å². The van der Waals surface area contributed by atoms with Crippen LogP contribution in [-0.4, -0.2) is 9.55 Å². The van der Waals surface area contributed by atoms with Crippen LogP contribution < -0.4 is 4.90 Å². The van der Waals surface area contributed by atoms with Gasteiger partial charge in [-0.2, -0.15) is 0 Å². The first-order valence-corrected chi connectivity index (χ1v) is 14.3. The van der Waals surface area contributed by atoms with Crippen molar-refractivity contribution in [3.63, 3.8) is 0 Å². The molecule has 2 aromatic heterocycles. The summed E-state index contributed by atoms with van der Waals surface area (Å²) >= 11 is 0. The molecular formula is C39H25N3. The van der Waals surface area contributed by atoms with E-state index in [1.165, 1.54) is 48.6 Å². The van der Waals surface area contributed by atoms with E-state index in [1.807, 2.05) is 12.4 Å². The zero-order chi connectivity index (χ0) is 27.6. The third-order valence-electron chi connectivity index (χ3n) is 8.57. The van der Waals surface area contributed by atoms with E-state index < -0.39 is 0 Å². The lowest BCUT2D eigenvalue weighted by Gasteiger charge is -2.25. The van der Waals surface area contributed by atoms with Gasteiger partial charge < -0.3 is 9.47 Å². The first kappa shape index (κ1) is 23.1. The van der Waals surface area contributed by atoms with E-state index in [2.05, 4.69) is 154 Å². The van der Waals surface area contributed by atoms with Crippen molar-refractivity contribution in [2.24, 2.45) is 0 Å². The van der Waals surface area contributed by atoms with Crippen LogP contribution in [0.5, 0.6) is 0 Å². The van der Waals surface area contributed by atoms with Crippen molar-refractivity contribution in [1.29, 1.82) is 0 Å². The zero-order valence-corrected chi connectivity index (χ0v) is 22.8. The third kappa shape index (κ3) is 3.31. The second kappa shape index (κ2) is 8.92. The summed E-state index contributed by atoms with van der Waals surface area (Å²) in [6, 6.07) is 50.1. The lowest BCUT2D eigenvalue weighted by Crippen LogP contribution is -2.09. The molecule has 3 heteroatoms. The Morgan fingerprint density at radius 2 is 1.10 bits per heavy atom. The summed E-state index contributed by atoms with van der Waals surface area (Å²) in [5, 5.41) is 10.2. The summed E-state index contributed by atoms with van der Waals surface area (Å²) in [7, 11) is 0. The summed E-state index contributed by atoms with van der Waals surface area (Å²) in [6.45, 7) is 0. The summed E-state index contributed by atoms with van der Waals surface area (Å²) in [5.41, 5.74) is 6.84. The maximum atomic E-state index is 4.56. The number of aromatic nitrogens is 2. The Morgan fingerprint density at radius 3 is 1.81 bits per heavy atom. The molecule has 0 aliphatic carbocycles. The molecule has 0 radical (unpaired) electrons. The fourth-order valence-electron chi connectivity index (χ4n) is 6.79. The number of rotatable bonds is 4. The molecule has 2 heterocycles. The van der Waals surface area contributed by atoms with E-state index in [1.54, 1.807) is 0 Å². The first-order chi connectivity index (χ1) is 20.8. The molecule has 0 saturated heterocycles. The Labute approximate surface area is 242 Å². The van der Waals surface area contributed by atoms with Crippen LogP contribution in [0.1, 0.15) is 0 Å². The maximum Gasteiger partial charge on any atom is 0.0572 e. The van der Waals surface area contributed by atoms with Crippen LogP contribution in [0.4, 0.5) is 17.1 Å². The minimum absolute atomic E-state index is 1.11. The fourth-order valence-corrected chi connectivity index (χ4v) is 6.79. The lowest BCUT2D eigenvalue weighted by atomic mass is 9.92. The molecule has 0 atom stereocenters. The third-order valence-corrected chi connectivity index (χ3v) is 8.57. The predicted molar refractivity (Wildman–Crippen MR) is 177 cm³/mol. The van der Waals surface area contributed by atoms with E-state index in [0.29, 0.717) is 0 Å². The molecule has 0 aliphatic heterocycles. The fraction of sp³-hybridized carbons (Fsp3) is 0. The Bertz CT molecular complexity index is 2330. The summed E-state index contributed by atoms with van der Waals surface area (Å²) in [4.78, 5) is 6.86. The Hall–Kier alpha value is -5.67. The van der Waals surface area contributed by atoms with Gasteiger partial charge in [0.15, 0.2) is 0 Å². The molecule has 42 heavy (non-hydrogen) atoms. The molecule has 0 N–H and O–H groups in total. The molecule has 0 spiro atoms. The minimum atomic E-state index is 1.11. The van der Waals surface area contributed by atoms with Crippen molar-refractivity contribution in [2.45, 2.75) is 0 Å². The van der Waals surface area contributed by atoms with Gasteiger partial charge in [0.2, 0.25) is 0 Å². The van der Waals surface area contributed by atoms with E-state index in [-0.39, 0.29) is 0 Å². The van der Waals surface area contributed by atoms with Crippen LogP contribution in [0.25, 0.3) is 59.8 Å². The van der Waals surface area contributed by atoms with Crippen molar-refractivity contribution < 1.29 is 0 Å². The van der Waals surface area contributed by atoms with Crippen molar-refractivity contribution in [3.05, 3.63) is 152 Å². The van der Waals surface area contributed by atoms with Gasteiger partial charge in [-0.3, -0.25) is 4.98 Å². The van der Waals surface area contributed by atoms with E-state index in [0.717, 1.165) is 28.3 Å². The SMILES string of the molecule is c1ccc(N(c2ccccc2)c2ccc(-n3c4ccncc4c4c5ccc6cccc7ccc(cc43)c5c76)cc2)cc1. The quantitative estimate of drug-likeness (QED) is 0.209. The molecule has 0 fully saturated rings. The van der Waals surface area contributed by atoms with Gasteiger partial charge in [0.05, 0.1) is 11.0 Å². The molecule has 0 unspecified atom stereocenters. The van der Waals surface area contributed by atoms with Gasteiger partial charge in [0, 0.05) is 45.9 Å². The van der Waals surface area contributed by atoms with Gasteiger partial charge in [-0.15, -0.1) is 0 Å². The van der Waals surface area contributed by atoms with Crippen LogP contribution >= 0.6 is 0 Å². The van der Waals surface area contributed by atoms with Gasteiger partial charge in [0.1, 0.15) is 0 Å². The number of fused-ring (bicyclic) bond motifs is 4. The summed E-state index contributed by atoms with van der Waals surface area (Å²) < 4.78 is 2.39. The maximum absolute atomic E-state index is 4.56. The van der Waals surface area contributed by atoms with Crippen LogP contribution in [0.2, 0.25) is 0 Å².